The number of benzene rings is 1. The summed E-state index contributed by atoms with van der Waals surface area (Å²) >= 11 is 0. The van der Waals surface area contributed by atoms with Gasteiger partial charge in [0, 0.05) is 18.5 Å². The molecule has 4 heteroatoms. The fourth-order valence-corrected chi connectivity index (χ4v) is 2.88. The number of amides is 1. The van der Waals surface area contributed by atoms with Crippen LogP contribution in [0.5, 0.6) is 0 Å². The second kappa shape index (κ2) is 9.06. The van der Waals surface area contributed by atoms with Crippen LogP contribution in [0.25, 0.3) is 0 Å². The van der Waals surface area contributed by atoms with Crippen LogP contribution in [0.1, 0.15) is 43.7 Å². The first-order valence-corrected chi connectivity index (χ1v) is 7.72. The van der Waals surface area contributed by atoms with Crippen molar-refractivity contribution in [1.82, 2.24) is 10.6 Å². The SMILES string of the molecule is Cc1ccccc1CC(C)NC(=O)CCC1CCCN1.Cl. The summed E-state index contributed by atoms with van der Waals surface area (Å²) in [6, 6.07) is 9.11. The molecular formula is C17H27ClN2O. The van der Waals surface area contributed by atoms with Gasteiger partial charge in [0.1, 0.15) is 0 Å². The summed E-state index contributed by atoms with van der Waals surface area (Å²) in [5, 5.41) is 6.55. The van der Waals surface area contributed by atoms with E-state index in [0.29, 0.717) is 12.5 Å². The molecular weight excluding hydrogens is 284 g/mol. The van der Waals surface area contributed by atoms with Crippen molar-refractivity contribution in [3.8, 4) is 0 Å². The van der Waals surface area contributed by atoms with Crippen LogP contribution < -0.4 is 10.6 Å². The maximum absolute atomic E-state index is 11.9. The van der Waals surface area contributed by atoms with Crippen LogP contribution in [0.2, 0.25) is 0 Å². The normalized spacial score (nSPS) is 18.9. The Balaban J connectivity index is 0.00000220. The Kier molecular flexibility index (Phi) is 7.76. The number of hydrogen-bond donors (Lipinski definition) is 2. The summed E-state index contributed by atoms with van der Waals surface area (Å²) in [7, 11) is 0. The lowest BCUT2D eigenvalue weighted by atomic mass is 10.0. The molecule has 2 unspecified atom stereocenters. The molecule has 1 amide bonds. The van der Waals surface area contributed by atoms with E-state index in [4.69, 9.17) is 0 Å². The van der Waals surface area contributed by atoms with Gasteiger partial charge in [0.25, 0.3) is 0 Å². The largest absolute Gasteiger partial charge is 0.353 e. The molecule has 0 spiro atoms. The van der Waals surface area contributed by atoms with Gasteiger partial charge in [0.15, 0.2) is 0 Å². The number of halogens is 1. The van der Waals surface area contributed by atoms with Crippen molar-refractivity contribution in [3.05, 3.63) is 35.4 Å². The van der Waals surface area contributed by atoms with Gasteiger partial charge >= 0.3 is 0 Å². The lowest BCUT2D eigenvalue weighted by molar-refractivity contribution is -0.121. The molecule has 2 atom stereocenters. The average molecular weight is 311 g/mol. The zero-order valence-corrected chi connectivity index (χ0v) is 13.8. The first kappa shape index (κ1) is 18.0. The fraction of sp³-hybridized carbons (Fsp3) is 0.588. The van der Waals surface area contributed by atoms with Gasteiger partial charge in [-0.25, -0.2) is 0 Å². The standard InChI is InChI=1S/C17H26N2O.ClH/c1-13-6-3-4-7-15(13)12-14(2)19-17(20)10-9-16-8-5-11-18-16;/h3-4,6-7,14,16,18H,5,8-12H2,1-2H3,(H,19,20);1H. The number of rotatable bonds is 6. The Morgan fingerprint density at radius 2 is 2.19 bits per heavy atom. The van der Waals surface area contributed by atoms with Crippen molar-refractivity contribution in [2.24, 2.45) is 0 Å². The summed E-state index contributed by atoms with van der Waals surface area (Å²) in [6.45, 7) is 5.31. The third-order valence-electron chi connectivity index (χ3n) is 4.08. The Labute approximate surface area is 134 Å². The molecule has 1 saturated heterocycles. The Bertz CT molecular complexity index is 444. The number of carbonyl (C=O) groups excluding carboxylic acids is 1. The van der Waals surface area contributed by atoms with Gasteiger partial charge in [-0.1, -0.05) is 24.3 Å². The van der Waals surface area contributed by atoms with E-state index in [1.165, 1.54) is 24.0 Å². The van der Waals surface area contributed by atoms with Crippen molar-refractivity contribution in [2.75, 3.05) is 6.54 Å². The summed E-state index contributed by atoms with van der Waals surface area (Å²) in [4.78, 5) is 11.9. The van der Waals surface area contributed by atoms with E-state index in [9.17, 15) is 4.79 Å². The van der Waals surface area contributed by atoms with E-state index in [1.54, 1.807) is 0 Å². The molecule has 1 aromatic carbocycles. The Hall–Kier alpha value is -1.06. The van der Waals surface area contributed by atoms with Crippen LogP contribution in [-0.2, 0) is 11.2 Å². The molecule has 1 heterocycles. The zero-order chi connectivity index (χ0) is 14.4. The molecule has 0 aliphatic carbocycles. The third kappa shape index (κ3) is 6.06. The van der Waals surface area contributed by atoms with Gasteiger partial charge in [0.2, 0.25) is 5.91 Å². The summed E-state index contributed by atoms with van der Waals surface area (Å²) in [5.41, 5.74) is 2.61. The Morgan fingerprint density at radius 1 is 1.43 bits per heavy atom. The van der Waals surface area contributed by atoms with Crippen molar-refractivity contribution in [1.29, 1.82) is 0 Å². The molecule has 0 saturated carbocycles. The zero-order valence-electron chi connectivity index (χ0n) is 13.0. The smallest absolute Gasteiger partial charge is 0.220 e. The van der Waals surface area contributed by atoms with Crippen LogP contribution in [0.15, 0.2) is 24.3 Å². The number of nitrogens with one attached hydrogen (secondary N) is 2. The maximum Gasteiger partial charge on any atom is 0.220 e. The van der Waals surface area contributed by atoms with Crippen LogP contribution in [0, 0.1) is 6.92 Å². The molecule has 118 valence electrons. The summed E-state index contributed by atoms with van der Waals surface area (Å²) in [5.74, 6) is 0.180. The highest BCUT2D eigenvalue weighted by Crippen LogP contribution is 2.12. The molecule has 1 aliphatic rings. The van der Waals surface area contributed by atoms with Gasteiger partial charge in [-0.15, -0.1) is 12.4 Å². The first-order valence-electron chi connectivity index (χ1n) is 7.72. The van der Waals surface area contributed by atoms with Crippen LogP contribution >= 0.6 is 12.4 Å². The number of aryl methyl sites for hydroxylation is 1. The fourth-order valence-electron chi connectivity index (χ4n) is 2.88. The van der Waals surface area contributed by atoms with Crippen molar-refractivity contribution in [2.45, 2.75) is 58.0 Å². The lowest BCUT2D eigenvalue weighted by Gasteiger charge is -2.16. The minimum Gasteiger partial charge on any atom is -0.353 e. The molecule has 21 heavy (non-hydrogen) atoms. The second-order valence-corrected chi connectivity index (χ2v) is 5.93. The molecule has 2 N–H and O–H groups in total. The van der Waals surface area contributed by atoms with E-state index in [1.807, 2.05) is 0 Å². The van der Waals surface area contributed by atoms with E-state index < -0.39 is 0 Å². The molecule has 1 aromatic rings. The van der Waals surface area contributed by atoms with E-state index in [2.05, 4.69) is 48.7 Å². The minimum atomic E-state index is 0. The predicted molar refractivity (Wildman–Crippen MR) is 90.0 cm³/mol. The first-order chi connectivity index (χ1) is 9.65. The highest BCUT2D eigenvalue weighted by molar-refractivity contribution is 5.85. The molecule has 2 rings (SSSR count). The van der Waals surface area contributed by atoms with Gasteiger partial charge in [0.05, 0.1) is 0 Å². The molecule has 0 radical (unpaired) electrons. The van der Waals surface area contributed by atoms with Crippen LogP contribution in [-0.4, -0.2) is 24.5 Å². The van der Waals surface area contributed by atoms with E-state index >= 15 is 0 Å². The molecule has 1 aliphatic heterocycles. The lowest BCUT2D eigenvalue weighted by Crippen LogP contribution is -2.35. The van der Waals surface area contributed by atoms with Gasteiger partial charge in [-0.05, 0) is 57.2 Å². The summed E-state index contributed by atoms with van der Waals surface area (Å²) < 4.78 is 0. The molecule has 0 aromatic heterocycles. The van der Waals surface area contributed by atoms with E-state index in [0.717, 1.165) is 19.4 Å². The summed E-state index contributed by atoms with van der Waals surface area (Å²) in [6.07, 6.45) is 4.96. The highest BCUT2D eigenvalue weighted by Gasteiger charge is 2.16. The van der Waals surface area contributed by atoms with Gasteiger partial charge in [-0.3, -0.25) is 4.79 Å². The number of hydrogen-bond acceptors (Lipinski definition) is 2. The topological polar surface area (TPSA) is 41.1 Å². The molecule has 0 bridgehead atoms. The third-order valence-corrected chi connectivity index (χ3v) is 4.08. The van der Waals surface area contributed by atoms with Crippen molar-refractivity contribution in [3.63, 3.8) is 0 Å². The van der Waals surface area contributed by atoms with Crippen molar-refractivity contribution < 1.29 is 4.79 Å². The maximum atomic E-state index is 11.9. The number of carbonyl (C=O) groups is 1. The average Bonchev–Trinajstić information content (AvgIpc) is 2.92. The van der Waals surface area contributed by atoms with Crippen LogP contribution in [0.4, 0.5) is 0 Å². The molecule has 1 fully saturated rings. The quantitative estimate of drug-likeness (QED) is 0.848. The highest BCUT2D eigenvalue weighted by atomic mass is 35.5. The monoisotopic (exact) mass is 310 g/mol. The minimum absolute atomic E-state index is 0. The van der Waals surface area contributed by atoms with E-state index in [-0.39, 0.29) is 24.4 Å². The van der Waals surface area contributed by atoms with Crippen molar-refractivity contribution >= 4 is 18.3 Å². The second-order valence-electron chi connectivity index (χ2n) is 5.93. The Morgan fingerprint density at radius 3 is 2.86 bits per heavy atom. The van der Waals surface area contributed by atoms with Gasteiger partial charge in [-0.2, -0.15) is 0 Å². The predicted octanol–water partition coefficient (Wildman–Crippen LogP) is 3.00. The van der Waals surface area contributed by atoms with Crippen LogP contribution in [0.3, 0.4) is 0 Å². The van der Waals surface area contributed by atoms with Gasteiger partial charge < -0.3 is 10.6 Å². The molecule has 3 nitrogen and oxygen atoms in total.